The minimum atomic E-state index is -0.939. The second-order valence-corrected chi connectivity index (χ2v) is 4.54. The molecule has 19 heavy (non-hydrogen) atoms. The van der Waals surface area contributed by atoms with Crippen LogP contribution in [0.5, 0.6) is 0 Å². The predicted octanol–water partition coefficient (Wildman–Crippen LogP) is 1.70. The van der Waals surface area contributed by atoms with Crippen molar-refractivity contribution in [2.45, 2.75) is 19.3 Å². The number of benzene rings is 1. The lowest BCUT2D eigenvalue weighted by Crippen LogP contribution is -2.36. The largest absolute Gasteiger partial charge is 0.478 e. The Kier molecular flexibility index (Phi) is 4.16. The molecule has 1 aliphatic rings. The van der Waals surface area contributed by atoms with E-state index in [0.717, 1.165) is 17.7 Å². The molecule has 2 rings (SSSR count). The molecule has 5 heteroatoms. The molecule has 0 spiro atoms. The van der Waals surface area contributed by atoms with Crippen LogP contribution in [-0.4, -0.2) is 37.2 Å². The monoisotopic (exact) mass is 263 g/mol. The molecule has 0 atom stereocenters. The first-order chi connectivity index (χ1) is 9.13. The molecule has 0 unspecified atom stereocenters. The quantitative estimate of drug-likeness (QED) is 0.821. The van der Waals surface area contributed by atoms with E-state index in [4.69, 9.17) is 9.84 Å². The Bertz CT molecular complexity index is 498. The van der Waals surface area contributed by atoms with Crippen LogP contribution < -0.4 is 4.90 Å². The normalized spacial score (nSPS) is 14.4. The molecule has 0 bridgehead atoms. The van der Waals surface area contributed by atoms with Crippen LogP contribution in [0.1, 0.15) is 28.8 Å². The minimum absolute atomic E-state index is 0.0895. The molecule has 1 aliphatic heterocycles. The Morgan fingerprint density at radius 1 is 1.42 bits per heavy atom. The van der Waals surface area contributed by atoms with Crippen LogP contribution >= 0.6 is 0 Å². The van der Waals surface area contributed by atoms with Crippen LogP contribution in [-0.2, 0) is 16.0 Å². The highest BCUT2D eigenvalue weighted by Crippen LogP contribution is 2.28. The number of ether oxygens (including phenoxy) is 1. The molecule has 1 heterocycles. The van der Waals surface area contributed by atoms with Gasteiger partial charge in [0.25, 0.3) is 0 Å². The number of rotatable bonds is 5. The van der Waals surface area contributed by atoms with Gasteiger partial charge in [-0.2, -0.15) is 0 Å². The summed E-state index contributed by atoms with van der Waals surface area (Å²) >= 11 is 0. The third-order valence-electron chi connectivity index (χ3n) is 3.26. The summed E-state index contributed by atoms with van der Waals surface area (Å²) < 4.78 is 4.99. The number of aromatic carboxylic acids is 1. The van der Waals surface area contributed by atoms with Crippen LogP contribution in [0.25, 0.3) is 0 Å². The Hall–Kier alpha value is -1.88. The number of fused-ring (bicyclic) bond motifs is 1. The maximum Gasteiger partial charge on any atom is 0.335 e. The SMILES string of the molecule is COCCCN1C(=O)CCc2cc(C(=O)O)ccc21. The predicted molar refractivity (Wildman–Crippen MR) is 70.6 cm³/mol. The van der Waals surface area contributed by atoms with Gasteiger partial charge in [0.2, 0.25) is 5.91 Å². The number of hydrogen-bond donors (Lipinski definition) is 1. The van der Waals surface area contributed by atoms with Crippen LogP contribution in [0.4, 0.5) is 5.69 Å². The summed E-state index contributed by atoms with van der Waals surface area (Å²) in [5, 5.41) is 8.98. The van der Waals surface area contributed by atoms with Gasteiger partial charge < -0.3 is 14.7 Å². The maximum atomic E-state index is 11.9. The third-order valence-corrected chi connectivity index (χ3v) is 3.26. The second kappa shape index (κ2) is 5.84. The summed E-state index contributed by atoms with van der Waals surface area (Å²) in [5.74, 6) is -0.850. The summed E-state index contributed by atoms with van der Waals surface area (Å²) in [7, 11) is 1.63. The van der Waals surface area contributed by atoms with E-state index < -0.39 is 5.97 Å². The Morgan fingerprint density at radius 2 is 2.21 bits per heavy atom. The van der Waals surface area contributed by atoms with Gasteiger partial charge in [-0.15, -0.1) is 0 Å². The van der Waals surface area contributed by atoms with Gasteiger partial charge in [0.05, 0.1) is 5.56 Å². The number of carbonyl (C=O) groups excluding carboxylic acids is 1. The van der Waals surface area contributed by atoms with Crippen LogP contribution in [0.2, 0.25) is 0 Å². The Morgan fingerprint density at radius 3 is 2.89 bits per heavy atom. The number of amides is 1. The Balaban J connectivity index is 2.23. The standard InChI is InChI=1S/C14H17NO4/c1-19-8-2-7-15-12-5-3-11(14(17)18)9-10(12)4-6-13(15)16/h3,5,9H,2,4,6-8H2,1H3,(H,17,18). The summed E-state index contributed by atoms with van der Waals surface area (Å²) in [4.78, 5) is 24.6. The van der Waals surface area contributed by atoms with Gasteiger partial charge >= 0.3 is 5.97 Å². The van der Waals surface area contributed by atoms with Crippen molar-refractivity contribution in [1.29, 1.82) is 0 Å². The van der Waals surface area contributed by atoms with Gasteiger partial charge in [-0.05, 0) is 36.6 Å². The summed E-state index contributed by atoms with van der Waals surface area (Å²) in [5.41, 5.74) is 2.03. The van der Waals surface area contributed by atoms with Crippen molar-refractivity contribution in [2.24, 2.45) is 0 Å². The molecule has 0 saturated carbocycles. The van der Waals surface area contributed by atoms with Gasteiger partial charge in [-0.25, -0.2) is 4.79 Å². The summed E-state index contributed by atoms with van der Waals surface area (Å²) in [6, 6.07) is 4.93. The van der Waals surface area contributed by atoms with Crippen molar-refractivity contribution in [3.63, 3.8) is 0 Å². The lowest BCUT2D eigenvalue weighted by Gasteiger charge is -2.29. The topological polar surface area (TPSA) is 66.8 Å². The van der Waals surface area contributed by atoms with Gasteiger partial charge in [-0.3, -0.25) is 4.79 Å². The molecule has 0 radical (unpaired) electrons. The van der Waals surface area contributed by atoms with Crippen molar-refractivity contribution in [3.05, 3.63) is 29.3 Å². The third kappa shape index (κ3) is 2.93. The lowest BCUT2D eigenvalue weighted by molar-refractivity contribution is -0.118. The average Bonchev–Trinajstić information content (AvgIpc) is 2.40. The highest BCUT2D eigenvalue weighted by atomic mass is 16.5. The first-order valence-corrected chi connectivity index (χ1v) is 6.29. The van der Waals surface area contributed by atoms with E-state index in [2.05, 4.69) is 0 Å². The zero-order chi connectivity index (χ0) is 13.8. The van der Waals surface area contributed by atoms with E-state index in [9.17, 15) is 9.59 Å². The number of methoxy groups -OCH3 is 1. The average molecular weight is 263 g/mol. The van der Waals surface area contributed by atoms with Crippen molar-refractivity contribution in [1.82, 2.24) is 0 Å². The molecule has 1 N–H and O–H groups in total. The summed E-state index contributed by atoms with van der Waals surface area (Å²) in [6.45, 7) is 1.21. The number of anilines is 1. The maximum absolute atomic E-state index is 11.9. The van der Waals surface area contributed by atoms with E-state index in [0.29, 0.717) is 26.0 Å². The highest BCUT2D eigenvalue weighted by Gasteiger charge is 2.24. The first-order valence-electron chi connectivity index (χ1n) is 6.29. The number of carboxylic acid groups (broad SMARTS) is 1. The fourth-order valence-corrected chi connectivity index (χ4v) is 2.31. The van der Waals surface area contributed by atoms with E-state index in [1.807, 2.05) is 0 Å². The van der Waals surface area contributed by atoms with Crippen LogP contribution in [0.3, 0.4) is 0 Å². The van der Waals surface area contributed by atoms with Gasteiger partial charge in [0.1, 0.15) is 0 Å². The molecule has 1 amide bonds. The molecule has 1 aromatic carbocycles. The molecule has 0 fully saturated rings. The van der Waals surface area contributed by atoms with Crippen molar-refractivity contribution < 1.29 is 19.4 Å². The fourth-order valence-electron chi connectivity index (χ4n) is 2.31. The van der Waals surface area contributed by atoms with E-state index in [-0.39, 0.29) is 11.5 Å². The molecule has 0 aliphatic carbocycles. The van der Waals surface area contributed by atoms with E-state index in [1.165, 1.54) is 0 Å². The Labute approximate surface area is 111 Å². The van der Waals surface area contributed by atoms with Crippen molar-refractivity contribution in [3.8, 4) is 0 Å². The fraction of sp³-hybridized carbons (Fsp3) is 0.429. The lowest BCUT2D eigenvalue weighted by atomic mass is 9.98. The second-order valence-electron chi connectivity index (χ2n) is 4.54. The number of aryl methyl sites for hydroxylation is 1. The minimum Gasteiger partial charge on any atom is -0.478 e. The number of carboxylic acids is 1. The molecule has 1 aromatic rings. The van der Waals surface area contributed by atoms with E-state index in [1.54, 1.807) is 30.2 Å². The van der Waals surface area contributed by atoms with E-state index >= 15 is 0 Å². The van der Waals surface area contributed by atoms with Gasteiger partial charge in [0, 0.05) is 32.4 Å². The molecule has 5 nitrogen and oxygen atoms in total. The van der Waals surface area contributed by atoms with Gasteiger partial charge in [-0.1, -0.05) is 0 Å². The molecular weight excluding hydrogens is 246 g/mol. The zero-order valence-electron chi connectivity index (χ0n) is 10.9. The van der Waals surface area contributed by atoms with Crippen molar-refractivity contribution >= 4 is 17.6 Å². The zero-order valence-corrected chi connectivity index (χ0v) is 10.9. The van der Waals surface area contributed by atoms with Crippen LogP contribution in [0.15, 0.2) is 18.2 Å². The molecule has 0 aromatic heterocycles. The number of carbonyl (C=O) groups is 2. The van der Waals surface area contributed by atoms with Crippen LogP contribution in [0, 0.1) is 0 Å². The molecule has 102 valence electrons. The number of hydrogen-bond acceptors (Lipinski definition) is 3. The molecule has 0 saturated heterocycles. The highest BCUT2D eigenvalue weighted by molar-refractivity contribution is 5.97. The summed E-state index contributed by atoms with van der Waals surface area (Å²) in [6.07, 6.45) is 1.81. The first kappa shape index (κ1) is 13.5. The van der Waals surface area contributed by atoms with Crippen molar-refractivity contribution in [2.75, 3.05) is 25.2 Å². The number of nitrogens with zero attached hydrogens (tertiary/aromatic N) is 1. The van der Waals surface area contributed by atoms with Gasteiger partial charge in [0.15, 0.2) is 0 Å². The smallest absolute Gasteiger partial charge is 0.335 e. The molecular formula is C14H17NO4.